The summed E-state index contributed by atoms with van der Waals surface area (Å²) in [5.41, 5.74) is 0.711. The third kappa shape index (κ3) is 4.04. The summed E-state index contributed by atoms with van der Waals surface area (Å²) >= 11 is 0. The summed E-state index contributed by atoms with van der Waals surface area (Å²) in [5.74, 6) is 0.892. The van der Waals surface area contributed by atoms with Crippen LogP contribution >= 0.6 is 0 Å². The van der Waals surface area contributed by atoms with Crippen molar-refractivity contribution in [3.05, 3.63) is 35.9 Å². The topological polar surface area (TPSA) is 50.1 Å². The van der Waals surface area contributed by atoms with Crippen LogP contribution in [0.15, 0.2) is 24.3 Å². The molecule has 1 aliphatic carbocycles. The lowest BCUT2D eigenvalue weighted by Crippen LogP contribution is -2.48. The summed E-state index contributed by atoms with van der Waals surface area (Å²) in [4.78, 5) is 4.66. The van der Waals surface area contributed by atoms with Gasteiger partial charge in [-0.1, -0.05) is 44.7 Å². The summed E-state index contributed by atoms with van der Waals surface area (Å²) in [7, 11) is 0. The lowest BCUT2D eigenvalue weighted by atomic mass is 10.1. The van der Waals surface area contributed by atoms with E-state index in [0.717, 1.165) is 51.3 Å². The molecule has 1 aromatic heterocycles. The third-order valence-corrected chi connectivity index (χ3v) is 6.27. The van der Waals surface area contributed by atoms with Crippen molar-refractivity contribution >= 4 is 5.69 Å². The molecule has 28 heavy (non-hydrogen) atoms. The lowest BCUT2D eigenvalue weighted by molar-refractivity contribution is 0.159. The Bertz CT molecular complexity index is 749. The van der Waals surface area contributed by atoms with Gasteiger partial charge in [0.2, 0.25) is 0 Å². The largest absolute Gasteiger partial charge is 0.367 e. The molecule has 0 amide bonds. The Morgan fingerprint density at radius 1 is 1.11 bits per heavy atom. The maximum Gasteiger partial charge on any atom is 0.168 e. The number of hydrogen-bond donors (Lipinski definition) is 0. The van der Waals surface area contributed by atoms with Gasteiger partial charge in [0.25, 0.3) is 0 Å². The predicted molar refractivity (Wildman–Crippen MR) is 108 cm³/mol. The van der Waals surface area contributed by atoms with Crippen LogP contribution in [0.1, 0.15) is 69.8 Å². The van der Waals surface area contributed by atoms with Crippen molar-refractivity contribution in [1.82, 2.24) is 25.1 Å². The molecule has 0 radical (unpaired) electrons. The molecule has 0 bridgehead atoms. The summed E-state index contributed by atoms with van der Waals surface area (Å²) in [6.45, 7) is 5.69. The minimum Gasteiger partial charge on any atom is -0.367 e. The minimum absolute atomic E-state index is 0.136. The van der Waals surface area contributed by atoms with Crippen molar-refractivity contribution < 1.29 is 4.39 Å². The SMILES string of the molecule is CCCC[C@H](c1nnnn1C1CCCC1)N1CCN(c2ccccc2F)CC1. The number of anilines is 1. The molecule has 4 rings (SSSR count). The van der Waals surface area contributed by atoms with Crippen LogP contribution < -0.4 is 4.90 Å². The Hall–Kier alpha value is -2.02. The number of hydrogen-bond acceptors (Lipinski definition) is 5. The molecule has 0 N–H and O–H groups in total. The van der Waals surface area contributed by atoms with Crippen molar-refractivity contribution in [2.45, 2.75) is 64.0 Å². The van der Waals surface area contributed by atoms with Gasteiger partial charge in [-0.05, 0) is 41.8 Å². The van der Waals surface area contributed by atoms with E-state index in [1.54, 1.807) is 12.1 Å². The molecule has 1 saturated heterocycles. The van der Waals surface area contributed by atoms with Gasteiger partial charge in [0, 0.05) is 26.2 Å². The van der Waals surface area contributed by atoms with Crippen LogP contribution in [0.3, 0.4) is 0 Å². The molecule has 152 valence electrons. The maximum atomic E-state index is 14.2. The van der Waals surface area contributed by atoms with Crippen LogP contribution in [-0.4, -0.2) is 51.3 Å². The van der Waals surface area contributed by atoms with Gasteiger partial charge in [-0.25, -0.2) is 9.07 Å². The van der Waals surface area contributed by atoms with Gasteiger partial charge < -0.3 is 4.90 Å². The van der Waals surface area contributed by atoms with Crippen molar-refractivity contribution in [2.24, 2.45) is 0 Å². The number of para-hydroxylation sites is 1. The fourth-order valence-corrected chi connectivity index (χ4v) is 4.68. The van der Waals surface area contributed by atoms with E-state index in [1.807, 2.05) is 12.1 Å². The zero-order valence-electron chi connectivity index (χ0n) is 16.8. The smallest absolute Gasteiger partial charge is 0.168 e. The molecular formula is C21H31FN6. The fraction of sp³-hybridized carbons (Fsp3) is 0.667. The molecule has 1 aliphatic heterocycles. The zero-order chi connectivity index (χ0) is 19.3. The maximum absolute atomic E-state index is 14.2. The first-order chi connectivity index (χ1) is 13.8. The average Bonchev–Trinajstić information content (AvgIpc) is 3.41. The number of tetrazole rings is 1. The summed E-state index contributed by atoms with van der Waals surface area (Å²) < 4.78 is 16.3. The van der Waals surface area contributed by atoms with E-state index in [1.165, 1.54) is 25.7 Å². The summed E-state index contributed by atoms with van der Waals surface area (Å²) in [5, 5.41) is 12.9. The number of benzene rings is 1. The second-order valence-corrected chi connectivity index (χ2v) is 8.05. The van der Waals surface area contributed by atoms with E-state index < -0.39 is 0 Å². The fourth-order valence-electron chi connectivity index (χ4n) is 4.68. The van der Waals surface area contributed by atoms with Gasteiger partial charge in [-0.3, -0.25) is 4.90 Å². The van der Waals surface area contributed by atoms with Crippen LogP contribution in [0.25, 0.3) is 0 Å². The lowest BCUT2D eigenvalue weighted by Gasteiger charge is -2.40. The Labute approximate surface area is 166 Å². The molecule has 7 heteroatoms. The van der Waals surface area contributed by atoms with Crippen molar-refractivity contribution in [3.8, 4) is 0 Å². The Kier molecular flexibility index (Phi) is 6.20. The van der Waals surface area contributed by atoms with E-state index in [0.29, 0.717) is 11.7 Å². The Balaban J connectivity index is 1.49. The highest BCUT2D eigenvalue weighted by atomic mass is 19.1. The van der Waals surface area contributed by atoms with Gasteiger partial charge in [-0.2, -0.15) is 0 Å². The molecule has 1 atom stereocenters. The highest BCUT2D eigenvalue weighted by Gasteiger charge is 2.31. The molecule has 1 saturated carbocycles. The van der Waals surface area contributed by atoms with Gasteiger partial charge >= 0.3 is 0 Å². The first kappa shape index (κ1) is 19.3. The second kappa shape index (κ2) is 8.99. The van der Waals surface area contributed by atoms with Crippen LogP contribution in [0.2, 0.25) is 0 Å². The number of piperazine rings is 1. The van der Waals surface area contributed by atoms with E-state index in [4.69, 9.17) is 0 Å². The Morgan fingerprint density at radius 2 is 1.86 bits per heavy atom. The number of rotatable bonds is 7. The van der Waals surface area contributed by atoms with Gasteiger partial charge in [0.15, 0.2) is 5.82 Å². The molecule has 2 fully saturated rings. The molecule has 2 aliphatic rings. The highest BCUT2D eigenvalue weighted by molar-refractivity contribution is 5.48. The second-order valence-electron chi connectivity index (χ2n) is 8.05. The van der Waals surface area contributed by atoms with E-state index >= 15 is 0 Å². The van der Waals surface area contributed by atoms with Gasteiger partial charge in [0.05, 0.1) is 17.8 Å². The quantitative estimate of drug-likeness (QED) is 0.720. The van der Waals surface area contributed by atoms with E-state index in [-0.39, 0.29) is 11.9 Å². The van der Waals surface area contributed by atoms with Crippen LogP contribution in [0, 0.1) is 5.82 Å². The first-order valence-electron chi connectivity index (χ1n) is 10.8. The predicted octanol–water partition coefficient (Wildman–Crippen LogP) is 3.98. The van der Waals surface area contributed by atoms with Crippen molar-refractivity contribution in [1.29, 1.82) is 0 Å². The highest BCUT2D eigenvalue weighted by Crippen LogP contribution is 2.33. The molecule has 2 aromatic rings. The molecular weight excluding hydrogens is 355 g/mol. The van der Waals surface area contributed by atoms with Gasteiger partial charge in [0.1, 0.15) is 5.82 Å². The molecule has 1 aromatic carbocycles. The first-order valence-corrected chi connectivity index (χ1v) is 10.8. The zero-order valence-corrected chi connectivity index (χ0v) is 16.8. The monoisotopic (exact) mass is 386 g/mol. The summed E-state index contributed by atoms with van der Waals surface area (Å²) in [6, 6.07) is 7.78. The van der Waals surface area contributed by atoms with Crippen LogP contribution in [-0.2, 0) is 0 Å². The molecule has 2 heterocycles. The van der Waals surface area contributed by atoms with Crippen LogP contribution in [0.4, 0.5) is 10.1 Å². The van der Waals surface area contributed by atoms with Crippen molar-refractivity contribution in [3.63, 3.8) is 0 Å². The van der Waals surface area contributed by atoms with Crippen molar-refractivity contribution in [2.75, 3.05) is 31.1 Å². The normalized spacial score (nSPS) is 20.0. The van der Waals surface area contributed by atoms with Gasteiger partial charge in [-0.15, -0.1) is 5.10 Å². The number of unbranched alkanes of at least 4 members (excludes halogenated alkanes) is 1. The Morgan fingerprint density at radius 3 is 2.57 bits per heavy atom. The molecule has 6 nitrogen and oxygen atoms in total. The third-order valence-electron chi connectivity index (χ3n) is 6.27. The van der Waals surface area contributed by atoms with E-state index in [2.05, 4.69) is 36.9 Å². The minimum atomic E-state index is -0.136. The number of nitrogens with zero attached hydrogens (tertiary/aromatic N) is 6. The standard InChI is InChI=1S/C21H31FN6/c1-2-3-11-20(21-23-24-25-28(21)17-8-4-5-9-17)27-15-13-26(14-16-27)19-12-7-6-10-18(19)22/h6-7,10,12,17,20H,2-5,8-9,11,13-16H2,1H3/t20-/m1/s1. The number of halogens is 1. The number of aromatic nitrogens is 4. The average molecular weight is 387 g/mol. The molecule has 0 unspecified atom stereocenters. The summed E-state index contributed by atoms with van der Waals surface area (Å²) in [6.07, 6.45) is 8.30. The van der Waals surface area contributed by atoms with E-state index in [9.17, 15) is 4.39 Å². The van der Waals surface area contributed by atoms with Crippen LogP contribution in [0.5, 0.6) is 0 Å². The molecule has 0 spiro atoms.